The Labute approximate surface area is 218 Å². The predicted molar refractivity (Wildman–Crippen MR) is 140 cm³/mol. The van der Waals surface area contributed by atoms with Gasteiger partial charge >= 0.3 is 5.97 Å². The molecule has 35 heavy (non-hydrogen) atoms. The van der Waals surface area contributed by atoms with Crippen molar-refractivity contribution >= 4 is 35.1 Å². The molecule has 190 valence electrons. The number of aromatic nitrogens is 3. The highest BCUT2D eigenvalue weighted by molar-refractivity contribution is 7.98. The number of pyridine rings is 1. The van der Waals surface area contributed by atoms with E-state index in [1.165, 1.54) is 5.56 Å². The molecule has 0 spiro atoms. The van der Waals surface area contributed by atoms with Gasteiger partial charge in [-0.3, -0.25) is 14.6 Å². The average Bonchev–Trinajstić information content (AvgIpc) is 3.24. The maximum absolute atomic E-state index is 12.4. The summed E-state index contributed by atoms with van der Waals surface area (Å²) in [6.45, 7) is 7.60. The molecule has 0 atom stereocenters. The Morgan fingerprint density at radius 2 is 1.80 bits per heavy atom. The Balaban J connectivity index is 1.47. The topological polar surface area (TPSA) is 82.0 Å². The van der Waals surface area contributed by atoms with Crippen LogP contribution in [0.2, 0.25) is 5.02 Å². The van der Waals surface area contributed by atoms with E-state index in [0.29, 0.717) is 36.5 Å². The quantitative estimate of drug-likeness (QED) is 0.139. The molecule has 0 aromatic carbocycles. The number of hydrogen-bond donors (Lipinski definition) is 0. The Hall–Kier alpha value is -1.99. The summed E-state index contributed by atoms with van der Waals surface area (Å²) < 4.78 is 5.31. The molecule has 0 radical (unpaired) electrons. The SMILES string of the molecule is Cc1cncc(Cl)c1CSc1nc(CCCC(=O)CCCCC(=O)OC(C)(C)C)c2c(n1)CCC2. The number of thioether (sulfide) groups is 1. The highest BCUT2D eigenvalue weighted by Gasteiger charge is 2.20. The number of halogens is 1. The smallest absolute Gasteiger partial charge is 0.306 e. The van der Waals surface area contributed by atoms with Crippen LogP contribution in [0.3, 0.4) is 0 Å². The van der Waals surface area contributed by atoms with E-state index in [-0.39, 0.29) is 11.8 Å². The molecule has 8 heteroatoms. The lowest BCUT2D eigenvalue weighted by atomic mass is 10.0. The zero-order valence-corrected chi connectivity index (χ0v) is 22.9. The Morgan fingerprint density at radius 3 is 2.54 bits per heavy atom. The number of unbranched alkanes of at least 4 members (excludes halogenated alkanes) is 1. The third-order valence-electron chi connectivity index (χ3n) is 5.94. The van der Waals surface area contributed by atoms with Crippen molar-refractivity contribution in [1.82, 2.24) is 15.0 Å². The van der Waals surface area contributed by atoms with Gasteiger partial charge in [-0.25, -0.2) is 9.97 Å². The van der Waals surface area contributed by atoms with E-state index < -0.39 is 5.60 Å². The van der Waals surface area contributed by atoms with Crippen LogP contribution < -0.4 is 0 Å². The monoisotopic (exact) mass is 517 g/mol. The largest absolute Gasteiger partial charge is 0.460 e. The number of ether oxygens (including phenoxy) is 1. The Bertz CT molecular complexity index is 1030. The van der Waals surface area contributed by atoms with Crippen LogP contribution in [0.15, 0.2) is 17.6 Å². The van der Waals surface area contributed by atoms with Crippen LogP contribution in [0.5, 0.6) is 0 Å². The van der Waals surface area contributed by atoms with Gasteiger partial charge in [-0.15, -0.1) is 0 Å². The molecule has 1 aliphatic rings. The number of nitrogens with zero attached hydrogens (tertiary/aromatic N) is 3. The van der Waals surface area contributed by atoms with Gasteiger partial charge < -0.3 is 4.74 Å². The van der Waals surface area contributed by atoms with Crippen LogP contribution in [-0.2, 0) is 39.3 Å². The molecule has 0 fully saturated rings. The summed E-state index contributed by atoms with van der Waals surface area (Å²) in [7, 11) is 0. The molecule has 0 saturated carbocycles. The standard InChI is InChI=1S/C27H36ClN3O3S/c1-18-15-29-16-22(28)21(18)17-35-26-30-23(20-11-8-13-24(20)31-26)12-7-10-19(32)9-5-6-14-25(33)34-27(2,3)4/h15-16H,5-14,17H2,1-4H3. The molecule has 0 aliphatic heterocycles. The van der Waals surface area contributed by atoms with Crippen molar-refractivity contribution in [1.29, 1.82) is 0 Å². The summed E-state index contributed by atoms with van der Waals surface area (Å²) in [5.41, 5.74) is 5.19. The van der Waals surface area contributed by atoms with E-state index >= 15 is 0 Å². The molecule has 0 unspecified atom stereocenters. The van der Waals surface area contributed by atoms with E-state index in [2.05, 4.69) is 4.98 Å². The van der Waals surface area contributed by atoms with E-state index in [0.717, 1.165) is 66.2 Å². The minimum atomic E-state index is -0.461. The number of ketones is 1. The highest BCUT2D eigenvalue weighted by atomic mass is 35.5. The first-order valence-corrected chi connectivity index (χ1v) is 13.8. The summed E-state index contributed by atoms with van der Waals surface area (Å²) >= 11 is 7.94. The van der Waals surface area contributed by atoms with E-state index in [9.17, 15) is 9.59 Å². The van der Waals surface area contributed by atoms with Crippen molar-refractivity contribution < 1.29 is 14.3 Å². The molecule has 2 heterocycles. The first kappa shape index (κ1) is 27.6. The molecule has 0 amide bonds. The summed E-state index contributed by atoms with van der Waals surface area (Å²) in [5, 5.41) is 1.45. The third-order valence-corrected chi connectivity index (χ3v) is 7.14. The molecule has 0 bridgehead atoms. The van der Waals surface area contributed by atoms with Crippen molar-refractivity contribution in [2.75, 3.05) is 0 Å². The number of esters is 1. The van der Waals surface area contributed by atoms with Crippen molar-refractivity contribution in [3.63, 3.8) is 0 Å². The van der Waals surface area contributed by atoms with Gasteiger partial charge in [0.2, 0.25) is 0 Å². The second-order valence-electron chi connectivity index (χ2n) is 10.1. The second kappa shape index (κ2) is 12.8. The predicted octanol–water partition coefficient (Wildman–Crippen LogP) is 6.41. The summed E-state index contributed by atoms with van der Waals surface area (Å²) in [6.07, 6.45) is 11.0. The number of hydrogen-bond acceptors (Lipinski definition) is 7. The van der Waals surface area contributed by atoms with Crippen LogP contribution >= 0.6 is 23.4 Å². The van der Waals surface area contributed by atoms with Crippen LogP contribution in [0.4, 0.5) is 0 Å². The lowest BCUT2D eigenvalue weighted by Crippen LogP contribution is -2.23. The second-order valence-corrected chi connectivity index (χ2v) is 11.5. The molecule has 6 nitrogen and oxygen atoms in total. The minimum absolute atomic E-state index is 0.197. The van der Waals surface area contributed by atoms with Crippen molar-refractivity contribution in [3.05, 3.63) is 45.5 Å². The van der Waals surface area contributed by atoms with E-state index in [1.807, 2.05) is 33.9 Å². The van der Waals surface area contributed by atoms with Gasteiger partial charge in [-0.2, -0.15) is 0 Å². The van der Waals surface area contributed by atoms with Crippen LogP contribution in [-0.4, -0.2) is 32.3 Å². The lowest BCUT2D eigenvalue weighted by molar-refractivity contribution is -0.155. The molecule has 2 aromatic heterocycles. The number of rotatable bonds is 12. The molecule has 1 aliphatic carbocycles. The van der Waals surface area contributed by atoms with Gasteiger partial charge in [0.25, 0.3) is 0 Å². The van der Waals surface area contributed by atoms with Gasteiger partial charge in [-0.05, 0) is 89.3 Å². The number of aryl methyl sites for hydroxylation is 3. The van der Waals surface area contributed by atoms with Gasteiger partial charge in [0.15, 0.2) is 5.16 Å². The van der Waals surface area contributed by atoms with E-state index in [1.54, 1.807) is 18.0 Å². The van der Waals surface area contributed by atoms with Crippen LogP contribution in [0.1, 0.15) is 93.8 Å². The molecule has 3 rings (SSSR count). The molecule has 2 aromatic rings. The summed E-state index contributed by atoms with van der Waals surface area (Å²) in [4.78, 5) is 38.0. The van der Waals surface area contributed by atoms with Crippen LogP contribution in [0.25, 0.3) is 0 Å². The number of Topliss-reactive ketones (excluding diaryl/α,β-unsaturated/α-hetero) is 1. The first-order chi connectivity index (χ1) is 16.6. The molecular formula is C27H36ClN3O3S. The minimum Gasteiger partial charge on any atom is -0.460 e. The van der Waals surface area contributed by atoms with Gasteiger partial charge in [0.05, 0.1) is 5.02 Å². The Kier molecular flexibility index (Phi) is 10.1. The zero-order chi connectivity index (χ0) is 25.4. The van der Waals surface area contributed by atoms with Crippen LogP contribution in [0, 0.1) is 6.92 Å². The lowest BCUT2D eigenvalue weighted by Gasteiger charge is -2.19. The fourth-order valence-electron chi connectivity index (χ4n) is 4.20. The Morgan fingerprint density at radius 1 is 1.06 bits per heavy atom. The average molecular weight is 518 g/mol. The highest BCUT2D eigenvalue weighted by Crippen LogP contribution is 2.30. The van der Waals surface area contributed by atoms with E-state index in [4.69, 9.17) is 26.3 Å². The fourth-order valence-corrected chi connectivity index (χ4v) is 5.55. The maximum Gasteiger partial charge on any atom is 0.306 e. The van der Waals surface area contributed by atoms with Crippen molar-refractivity contribution in [3.8, 4) is 0 Å². The normalized spacial score (nSPS) is 13.1. The number of fused-ring (bicyclic) bond motifs is 1. The molecular weight excluding hydrogens is 482 g/mol. The van der Waals surface area contributed by atoms with Crippen molar-refractivity contribution in [2.24, 2.45) is 0 Å². The van der Waals surface area contributed by atoms with Gasteiger partial charge in [0, 0.05) is 48.8 Å². The summed E-state index contributed by atoms with van der Waals surface area (Å²) in [5.74, 6) is 0.752. The third kappa shape index (κ3) is 8.87. The maximum atomic E-state index is 12.4. The van der Waals surface area contributed by atoms with Gasteiger partial charge in [0.1, 0.15) is 11.4 Å². The fraction of sp³-hybridized carbons (Fsp3) is 0.593. The number of carbonyl (C=O) groups excluding carboxylic acids is 2. The van der Waals surface area contributed by atoms with Gasteiger partial charge in [-0.1, -0.05) is 23.4 Å². The molecule has 0 saturated heterocycles. The number of carbonyl (C=O) groups is 2. The first-order valence-electron chi connectivity index (χ1n) is 12.5. The van der Waals surface area contributed by atoms with Crippen molar-refractivity contribution in [2.45, 2.75) is 108 Å². The zero-order valence-electron chi connectivity index (χ0n) is 21.3. The summed E-state index contributed by atoms with van der Waals surface area (Å²) in [6, 6.07) is 0. The molecule has 0 N–H and O–H groups in total.